The van der Waals surface area contributed by atoms with Gasteiger partial charge in [0.2, 0.25) is 0 Å². The lowest BCUT2D eigenvalue weighted by molar-refractivity contribution is 0.832. The molecule has 3 aromatic rings. The molecule has 0 fully saturated rings. The molecule has 0 aliphatic carbocycles. The van der Waals surface area contributed by atoms with Crippen LogP contribution in [0.5, 0.6) is 0 Å². The van der Waals surface area contributed by atoms with Crippen molar-refractivity contribution in [2.75, 3.05) is 30.6 Å². The summed E-state index contributed by atoms with van der Waals surface area (Å²) in [6.07, 6.45) is 6.71. The van der Waals surface area contributed by atoms with Crippen LogP contribution >= 0.6 is 0 Å². The zero-order valence-electron chi connectivity index (χ0n) is 19.5. The first-order valence-electron chi connectivity index (χ1n) is 10.8. The van der Waals surface area contributed by atoms with Gasteiger partial charge in [0.15, 0.2) is 0 Å². The molecule has 0 unspecified atom stereocenters. The Bertz CT molecular complexity index is 1080. The monoisotopic (exact) mass is 414 g/mol. The zero-order valence-corrected chi connectivity index (χ0v) is 19.5. The second-order valence-electron chi connectivity index (χ2n) is 7.93. The van der Waals surface area contributed by atoms with Gasteiger partial charge in [0.05, 0.1) is 24.6 Å². The number of aryl methyl sites for hydroxylation is 2. The summed E-state index contributed by atoms with van der Waals surface area (Å²) in [6.45, 7) is 9.63. The highest BCUT2D eigenvalue weighted by Gasteiger charge is 2.18. The van der Waals surface area contributed by atoms with Crippen molar-refractivity contribution in [2.45, 2.75) is 26.8 Å². The zero-order chi connectivity index (χ0) is 22.4. The second-order valence-corrected chi connectivity index (χ2v) is 7.93. The number of para-hydroxylation sites is 3. The summed E-state index contributed by atoms with van der Waals surface area (Å²) in [7, 11) is 6.35. The molecule has 0 saturated heterocycles. The van der Waals surface area contributed by atoms with Crippen LogP contribution in [0, 0.1) is 0 Å². The number of rotatable bonds is 5. The minimum atomic E-state index is 0.724. The first-order chi connectivity index (χ1) is 15.0. The fraction of sp³-hybridized carbons (Fsp3) is 0.296. The summed E-state index contributed by atoms with van der Waals surface area (Å²) >= 11 is 0. The van der Waals surface area contributed by atoms with Gasteiger partial charge in [0.25, 0.3) is 0 Å². The fourth-order valence-corrected chi connectivity index (χ4v) is 4.16. The molecule has 31 heavy (non-hydrogen) atoms. The van der Waals surface area contributed by atoms with Crippen molar-refractivity contribution in [1.29, 1.82) is 0 Å². The lowest BCUT2D eigenvalue weighted by Crippen LogP contribution is -2.23. The molecule has 0 bridgehead atoms. The highest BCUT2D eigenvalue weighted by molar-refractivity contribution is 5.93. The van der Waals surface area contributed by atoms with Crippen LogP contribution in [0.4, 0.5) is 11.4 Å². The third-order valence-electron chi connectivity index (χ3n) is 5.78. The van der Waals surface area contributed by atoms with Crippen molar-refractivity contribution in [3.05, 3.63) is 84.6 Å². The summed E-state index contributed by atoms with van der Waals surface area (Å²) in [5, 5.41) is 1.35. The molecule has 2 aromatic carbocycles. The normalized spacial score (nSPS) is 13.5. The van der Waals surface area contributed by atoms with Crippen molar-refractivity contribution >= 4 is 28.0 Å². The van der Waals surface area contributed by atoms with E-state index in [0.29, 0.717) is 0 Å². The Kier molecular flexibility index (Phi) is 7.35. The average molecular weight is 415 g/mol. The third-order valence-corrected chi connectivity index (χ3v) is 5.78. The first-order valence-corrected chi connectivity index (χ1v) is 10.8. The molecule has 0 radical (unpaired) electrons. The first kappa shape index (κ1) is 22.4. The molecule has 0 atom stereocenters. The Hall–Kier alpha value is -3.27. The largest absolute Gasteiger partial charge is 0.355 e. The van der Waals surface area contributed by atoms with E-state index in [2.05, 4.69) is 103 Å². The number of hydrogen-bond acceptors (Lipinski definition) is 3. The van der Waals surface area contributed by atoms with Gasteiger partial charge >= 0.3 is 0 Å². The molecule has 1 aromatic heterocycles. The van der Waals surface area contributed by atoms with Gasteiger partial charge in [-0.2, -0.15) is 0 Å². The van der Waals surface area contributed by atoms with E-state index < -0.39 is 0 Å². The van der Waals surface area contributed by atoms with Gasteiger partial charge in [-0.25, -0.2) is 0 Å². The topological polar surface area (TPSA) is 23.8 Å². The van der Waals surface area contributed by atoms with Crippen molar-refractivity contribution in [2.24, 2.45) is 12.0 Å². The Morgan fingerprint density at radius 3 is 2.23 bits per heavy atom. The molecule has 4 heteroatoms. The Labute approximate surface area is 186 Å². The van der Waals surface area contributed by atoms with Crippen LogP contribution < -0.4 is 9.80 Å². The van der Waals surface area contributed by atoms with E-state index in [4.69, 9.17) is 0 Å². The lowest BCUT2D eigenvalue weighted by atomic mass is 10.1. The van der Waals surface area contributed by atoms with Crippen molar-refractivity contribution in [1.82, 2.24) is 4.57 Å². The summed E-state index contributed by atoms with van der Waals surface area (Å²) < 4.78 is 2.27. The van der Waals surface area contributed by atoms with Gasteiger partial charge in [0, 0.05) is 43.5 Å². The molecule has 0 N–H and O–H groups in total. The number of fused-ring (bicyclic) bond motifs is 2. The number of nitrogens with zero attached hydrogens (tertiary/aromatic N) is 4. The van der Waals surface area contributed by atoms with Crippen LogP contribution in [0.3, 0.4) is 0 Å². The van der Waals surface area contributed by atoms with Crippen molar-refractivity contribution in [3.63, 3.8) is 0 Å². The SMILES string of the molecule is C=C/C=C\C(C)=NCc1c(CC)c2ccccc2n1C.CN1CN(C)c2ccccc21. The maximum absolute atomic E-state index is 4.66. The molecular weight excluding hydrogens is 380 g/mol. The van der Waals surface area contributed by atoms with Gasteiger partial charge in [-0.05, 0) is 43.2 Å². The van der Waals surface area contributed by atoms with Crippen molar-refractivity contribution in [3.8, 4) is 0 Å². The average Bonchev–Trinajstić information content (AvgIpc) is 3.24. The van der Waals surface area contributed by atoms with Crippen LogP contribution in [0.25, 0.3) is 10.9 Å². The summed E-state index contributed by atoms with van der Waals surface area (Å²) in [5.74, 6) is 0. The smallest absolute Gasteiger partial charge is 0.0898 e. The number of allylic oxidation sites excluding steroid dienone is 3. The molecule has 162 valence electrons. The highest BCUT2D eigenvalue weighted by atomic mass is 15.3. The standard InChI is InChI=1S/C18H22N2.C9H12N2/c1-5-7-10-14(3)19-13-18-15(6-2)16-11-8-9-12-17(16)20(18)4;1-10-7-11(2)9-6-4-3-5-8(9)10/h5,7-12H,1,6,13H2,2-4H3;3-6H,7H2,1-2H3/b10-7-,19-14?;. The lowest BCUT2D eigenvalue weighted by Gasteiger charge is -2.11. The number of aromatic nitrogens is 1. The van der Waals surface area contributed by atoms with E-state index in [0.717, 1.165) is 25.3 Å². The molecule has 2 heterocycles. The maximum Gasteiger partial charge on any atom is 0.0898 e. The van der Waals surface area contributed by atoms with Crippen LogP contribution in [0.1, 0.15) is 25.1 Å². The van der Waals surface area contributed by atoms with E-state index in [1.807, 2.05) is 19.1 Å². The van der Waals surface area contributed by atoms with E-state index in [1.165, 1.54) is 33.5 Å². The summed E-state index contributed by atoms with van der Waals surface area (Å²) in [4.78, 5) is 9.15. The quantitative estimate of drug-likeness (QED) is 0.379. The van der Waals surface area contributed by atoms with Gasteiger partial charge in [0.1, 0.15) is 0 Å². The minimum absolute atomic E-state index is 0.724. The van der Waals surface area contributed by atoms with E-state index in [1.54, 1.807) is 6.08 Å². The molecule has 1 aliphatic rings. The predicted octanol–water partition coefficient (Wildman–Crippen LogP) is 5.97. The summed E-state index contributed by atoms with van der Waals surface area (Å²) in [5.41, 5.74) is 7.68. The van der Waals surface area contributed by atoms with Crippen LogP contribution in [0.15, 0.2) is 78.3 Å². The minimum Gasteiger partial charge on any atom is -0.355 e. The number of benzene rings is 2. The Balaban J connectivity index is 0.000000207. The van der Waals surface area contributed by atoms with Gasteiger partial charge < -0.3 is 14.4 Å². The van der Waals surface area contributed by atoms with Crippen LogP contribution in [-0.2, 0) is 20.0 Å². The fourth-order valence-electron chi connectivity index (χ4n) is 4.16. The Morgan fingerprint density at radius 2 is 1.61 bits per heavy atom. The number of aliphatic imine (C=N–C) groups is 1. The molecule has 4 nitrogen and oxygen atoms in total. The van der Waals surface area contributed by atoms with Crippen LogP contribution in [0.2, 0.25) is 0 Å². The second kappa shape index (κ2) is 10.2. The third kappa shape index (κ3) is 4.91. The van der Waals surface area contributed by atoms with Crippen molar-refractivity contribution < 1.29 is 0 Å². The summed E-state index contributed by atoms with van der Waals surface area (Å²) in [6, 6.07) is 17.0. The molecular formula is C27H34N4. The predicted molar refractivity (Wildman–Crippen MR) is 137 cm³/mol. The molecule has 1 aliphatic heterocycles. The maximum atomic E-state index is 4.66. The number of anilines is 2. The molecule has 4 rings (SSSR count). The Morgan fingerprint density at radius 1 is 1.00 bits per heavy atom. The van der Waals surface area contributed by atoms with Gasteiger partial charge in [-0.15, -0.1) is 0 Å². The van der Waals surface area contributed by atoms with Gasteiger partial charge in [-0.3, -0.25) is 4.99 Å². The van der Waals surface area contributed by atoms with E-state index in [9.17, 15) is 0 Å². The van der Waals surface area contributed by atoms with E-state index >= 15 is 0 Å². The van der Waals surface area contributed by atoms with E-state index in [-0.39, 0.29) is 0 Å². The molecule has 0 spiro atoms. The molecule has 0 amide bonds. The van der Waals surface area contributed by atoms with Crippen LogP contribution in [-0.4, -0.2) is 31.0 Å². The van der Waals surface area contributed by atoms with Gasteiger partial charge in [-0.1, -0.05) is 56.0 Å². The number of hydrogen-bond donors (Lipinski definition) is 0. The molecule has 0 saturated carbocycles. The highest BCUT2D eigenvalue weighted by Crippen LogP contribution is 2.32.